The van der Waals surface area contributed by atoms with Gasteiger partial charge in [0.1, 0.15) is 5.75 Å². The van der Waals surface area contributed by atoms with Crippen molar-refractivity contribution in [3.63, 3.8) is 0 Å². The van der Waals surface area contributed by atoms with Gasteiger partial charge in [0.05, 0.1) is 33.4 Å². The molecule has 27 heavy (non-hydrogen) atoms. The normalized spacial score (nSPS) is 21.6. The molecule has 1 heterocycles. The summed E-state index contributed by atoms with van der Waals surface area (Å²) in [5.41, 5.74) is 8.00. The van der Waals surface area contributed by atoms with Crippen LogP contribution in [-0.2, 0) is 0 Å². The second kappa shape index (κ2) is 8.28. The molecule has 2 aromatic rings. The van der Waals surface area contributed by atoms with Crippen LogP contribution >= 0.6 is 0 Å². The van der Waals surface area contributed by atoms with Gasteiger partial charge >= 0.3 is 0 Å². The van der Waals surface area contributed by atoms with Crippen molar-refractivity contribution in [2.24, 2.45) is 0 Å². The zero-order valence-corrected chi connectivity index (χ0v) is 15.9. The fraction of sp³-hybridized carbons (Fsp3) is 0.350. The van der Waals surface area contributed by atoms with Crippen LogP contribution in [0.1, 0.15) is 28.9 Å². The summed E-state index contributed by atoms with van der Waals surface area (Å²) < 4.78 is 15.9. The molecule has 7 nitrogen and oxygen atoms in total. The zero-order chi connectivity index (χ0) is 19.4. The van der Waals surface area contributed by atoms with Gasteiger partial charge in [0.25, 0.3) is 5.91 Å². The number of hydrogen-bond acceptors (Lipinski definition) is 6. The lowest BCUT2D eigenvalue weighted by atomic mass is 9.96. The van der Waals surface area contributed by atoms with Crippen molar-refractivity contribution in [3.05, 3.63) is 53.6 Å². The third-order valence-electron chi connectivity index (χ3n) is 4.76. The predicted octanol–water partition coefficient (Wildman–Crippen LogP) is 2.05. The van der Waals surface area contributed by atoms with Gasteiger partial charge in [-0.1, -0.05) is 12.1 Å². The maximum atomic E-state index is 12.7. The number of benzene rings is 2. The van der Waals surface area contributed by atoms with Crippen LogP contribution in [0, 0.1) is 0 Å². The first-order valence-corrected chi connectivity index (χ1v) is 8.75. The standard InChI is InChI=1S/C20H25N3O4/c1-12-18(21-20(24)14-6-5-7-15(10-14)25-2)19(23-22-12)13-8-9-16(26-3)17(11-13)27-4/h5-12,18-19,22-23H,1-4H3,(H,21,24). The summed E-state index contributed by atoms with van der Waals surface area (Å²) in [5, 5.41) is 3.12. The van der Waals surface area contributed by atoms with Crippen LogP contribution in [0.2, 0.25) is 0 Å². The average molecular weight is 371 g/mol. The molecule has 1 saturated heterocycles. The molecule has 0 spiro atoms. The highest BCUT2D eigenvalue weighted by Gasteiger charge is 2.35. The minimum absolute atomic E-state index is 0.0395. The third kappa shape index (κ3) is 3.99. The molecule has 3 rings (SSSR count). The number of methoxy groups -OCH3 is 3. The van der Waals surface area contributed by atoms with Gasteiger partial charge in [-0.15, -0.1) is 0 Å². The fourth-order valence-electron chi connectivity index (χ4n) is 3.23. The quantitative estimate of drug-likeness (QED) is 0.721. The van der Waals surface area contributed by atoms with Crippen molar-refractivity contribution in [3.8, 4) is 17.2 Å². The molecule has 0 saturated carbocycles. The van der Waals surface area contributed by atoms with Gasteiger partial charge in [-0.05, 0) is 42.8 Å². The van der Waals surface area contributed by atoms with Crippen molar-refractivity contribution in [1.82, 2.24) is 16.2 Å². The molecule has 3 unspecified atom stereocenters. The Morgan fingerprint density at radius 2 is 1.74 bits per heavy atom. The van der Waals surface area contributed by atoms with E-state index in [0.29, 0.717) is 22.8 Å². The first kappa shape index (κ1) is 19.0. The number of amides is 1. The van der Waals surface area contributed by atoms with Gasteiger partial charge in [-0.25, -0.2) is 5.43 Å². The van der Waals surface area contributed by atoms with E-state index >= 15 is 0 Å². The summed E-state index contributed by atoms with van der Waals surface area (Å²) in [7, 11) is 4.79. The Balaban J connectivity index is 1.82. The summed E-state index contributed by atoms with van der Waals surface area (Å²) in [5.74, 6) is 1.81. The Bertz CT molecular complexity index is 812. The Labute approximate surface area is 159 Å². The second-order valence-electron chi connectivity index (χ2n) is 6.40. The van der Waals surface area contributed by atoms with Crippen molar-refractivity contribution >= 4 is 5.91 Å². The van der Waals surface area contributed by atoms with Crippen molar-refractivity contribution in [1.29, 1.82) is 0 Å². The molecule has 0 aliphatic carbocycles. The molecule has 3 atom stereocenters. The molecule has 1 fully saturated rings. The van der Waals surface area contributed by atoms with Gasteiger partial charge < -0.3 is 19.5 Å². The molecular formula is C20H25N3O4. The predicted molar refractivity (Wildman–Crippen MR) is 102 cm³/mol. The number of nitrogens with one attached hydrogen (secondary N) is 3. The highest BCUT2D eigenvalue weighted by molar-refractivity contribution is 5.94. The second-order valence-corrected chi connectivity index (χ2v) is 6.40. The lowest BCUT2D eigenvalue weighted by Gasteiger charge is -2.23. The summed E-state index contributed by atoms with van der Waals surface area (Å²) in [6, 6.07) is 12.6. The lowest BCUT2D eigenvalue weighted by molar-refractivity contribution is 0.0930. The van der Waals surface area contributed by atoms with Crippen LogP contribution in [0.25, 0.3) is 0 Å². The van der Waals surface area contributed by atoms with E-state index in [4.69, 9.17) is 14.2 Å². The minimum Gasteiger partial charge on any atom is -0.497 e. The van der Waals surface area contributed by atoms with Crippen LogP contribution in [-0.4, -0.2) is 39.3 Å². The molecule has 3 N–H and O–H groups in total. The SMILES string of the molecule is COc1cccc(C(=O)NC2C(C)NNC2c2ccc(OC)c(OC)c2)c1. The van der Waals surface area contributed by atoms with Crippen molar-refractivity contribution in [2.45, 2.75) is 25.0 Å². The Morgan fingerprint density at radius 1 is 0.963 bits per heavy atom. The van der Waals surface area contributed by atoms with E-state index in [2.05, 4.69) is 16.2 Å². The third-order valence-corrected chi connectivity index (χ3v) is 4.76. The Morgan fingerprint density at radius 3 is 2.44 bits per heavy atom. The Kier molecular flexibility index (Phi) is 5.83. The fourth-order valence-corrected chi connectivity index (χ4v) is 3.23. The van der Waals surface area contributed by atoms with E-state index in [1.165, 1.54) is 0 Å². The largest absolute Gasteiger partial charge is 0.497 e. The number of hydrazine groups is 1. The molecule has 1 aliphatic rings. The highest BCUT2D eigenvalue weighted by Crippen LogP contribution is 2.32. The molecule has 0 bridgehead atoms. The van der Waals surface area contributed by atoms with Crippen molar-refractivity contribution in [2.75, 3.05) is 21.3 Å². The van der Waals surface area contributed by atoms with Crippen LogP contribution in [0.3, 0.4) is 0 Å². The number of carbonyl (C=O) groups excluding carboxylic acids is 1. The maximum absolute atomic E-state index is 12.7. The molecule has 1 amide bonds. The first-order chi connectivity index (χ1) is 13.1. The van der Waals surface area contributed by atoms with Gasteiger partial charge in [0, 0.05) is 11.6 Å². The molecule has 144 valence electrons. The number of carbonyl (C=O) groups is 1. The van der Waals surface area contributed by atoms with Crippen LogP contribution in [0.4, 0.5) is 0 Å². The molecule has 7 heteroatoms. The van der Waals surface area contributed by atoms with Crippen LogP contribution < -0.4 is 30.4 Å². The van der Waals surface area contributed by atoms with Crippen LogP contribution in [0.15, 0.2) is 42.5 Å². The summed E-state index contributed by atoms with van der Waals surface area (Å²) in [4.78, 5) is 12.7. The Hall–Kier alpha value is -2.77. The molecule has 1 aliphatic heterocycles. The van der Waals surface area contributed by atoms with Crippen LogP contribution in [0.5, 0.6) is 17.2 Å². The lowest BCUT2D eigenvalue weighted by Crippen LogP contribution is -2.44. The van der Waals surface area contributed by atoms with Crippen molar-refractivity contribution < 1.29 is 19.0 Å². The topological polar surface area (TPSA) is 80.9 Å². The van der Waals surface area contributed by atoms with E-state index in [-0.39, 0.29) is 24.0 Å². The monoisotopic (exact) mass is 371 g/mol. The molecule has 2 aromatic carbocycles. The van der Waals surface area contributed by atoms with Gasteiger partial charge in [0.15, 0.2) is 11.5 Å². The van der Waals surface area contributed by atoms with Gasteiger partial charge in [0.2, 0.25) is 0 Å². The average Bonchev–Trinajstić information content (AvgIpc) is 3.07. The number of ether oxygens (including phenoxy) is 3. The maximum Gasteiger partial charge on any atom is 0.251 e. The smallest absolute Gasteiger partial charge is 0.251 e. The number of rotatable bonds is 6. The van der Waals surface area contributed by atoms with E-state index < -0.39 is 0 Å². The molecular weight excluding hydrogens is 346 g/mol. The number of hydrogen-bond donors (Lipinski definition) is 3. The first-order valence-electron chi connectivity index (χ1n) is 8.75. The molecule has 0 radical (unpaired) electrons. The summed E-state index contributed by atoms with van der Waals surface area (Å²) >= 11 is 0. The summed E-state index contributed by atoms with van der Waals surface area (Å²) in [6.45, 7) is 2.02. The van der Waals surface area contributed by atoms with E-state index in [0.717, 1.165) is 5.56 Å². The summed E-state index contributed by atoms with van der Waals surface area (Å²) in [6.07, 6.45) is 0. The van der Waals surface area contributed by atoms with E-state index in [9.17, 15) is 4.79 Å². The molecule has 0 aromatic heterocycles. The highest BCUT2D eigenvalue weighted by atomic mass is 16.5. The van der Waals surface area contributed by atoms with E-state index in [1.807, 2.05) is 31.2 Å². The van der Waals surface area contributed by atoms with Gasteiger partial charge in [-0.3, -0.25) is 10.2 Å². The van der Waals surface area contributed by atoms with Gasteiger partial charge in [-0.2, -0.15) is 0 Å². The minimum atomic E-state index is -0.151. The zero-order valence-electron chi connectivity index (χ0n) is 15.9. The van der Waals surface area contributed by atoms with E-state index in [1.54, 1.807) is 39.5 Å².